The largest absolute Gasteiger partial charge is 0.356 e. The van der Waals surface area contributed by atoms with Gasteiger partial charge in [-0.3, -0.25) is 19.9 Å². The Bertz CT molecular complexity index is 884. The van der Waals surface area contributed by atoms with Gasteiger partial charge in [-0.05, 0) is 18.6 Å². The molecule has 1 atom stereocenters. The molecule has 2 aromatic heterocycles. The summed E-state index contributed by atoms with van der Waals surface area (Å²) in [4.78, 5) is 27.5. The number of rotatable bonds is 1. The summed E-state index contributed by atoms with van der Waals surface area (Å²) in [6.07, 6.45) is 2.49. The van der Waals surface area contributed by atoms with E-state index in [1.54, 1.807) is 6.20 Å². The molecule has 3 heterocycles. The van der Waals surface area contributed by atoms with E-state index in [4.69, 9.17) is 4.52 Å². The lowest BCUT2D eigenvalue weighted by molar-refractivity contribution is -0.134. The van der Waals surface area contributed by atoms with Crippen LogP contribution in [-0.4, -0.2) is 22.0 Å². The van der Waals surface area contributed by atoms with Crippen LogP contribution in [0.15, 0.2) is 35.0 Å². The van der Waals surface area contributed by atoms with Gasteiger partial charge in [-0.15, -0.1) is 0 Å². The van der Waals surface area contributed by atoms with Gasteiger partial charge >= 0.3 is 0 Å². The Labute approximate surface area is 119 Å². The van der Waals surface area contributed by atoms with Crippen molar-refractivity contribution >= 4 is 33.7 Å². The minimum absolute atomic E-state index is 0.237. The van der Waals surface area contributed by atoms with Crippen molar-refractivity contribution in [3.63, 3.8) is 0 Å². The van der Waals surface area contributed by atoms with E-state index in [2.05, 4.69) is 15.5 Å². The molecule has 0 radical (unpaired) electrons. The molecule has 1 aliphatic rings. The van der Waals surface area contributed by atoms with E-state index in [0.717, 1.165) is 16.3 Å². The first-order valence-corrected chi connectivity index (χ1v) is 6.70. The number of amides is 2. The van der Waals surface area contributed by atoms with Gasteiger partial charge in [0, 0.05) is 29.5 Å². The van der Waals surface area contributed by atoms with E-state index < -0.39 is 5.92 Å². The second-order valence-electron chi connectivity index (χ2n) is 5.12. The zero-order valence-corrected chi connectivity index (χ0v) is 11.0. The minimum Gasteiger partial charge on any atom is -0.356 e. The summed E-state index contributed by atoms with van der Waals surface area (Å²) in [7, 11) is 0. The van der Waals surface area contributed by atoms with Crippen LogP contribution in [0.2, 0.25) is 0 Å². The molecule has 0 bridgehead atoms. The van der Waals surface area contributed by atoms with Crippen LogP contribution in [0, 0.1) is 0 Å². The normalized spacial score (nSPS) is 19.1. The lowest BCUT2D eigenvalue weighted by atomic mass is 9.92. The van der Waals surface area contributed by atoms with Crippen molar-refractivity contribution in [2.24, 2.45) is 0 Å². The Morgan fingerprint density at radius 1 is 1.29 bits per heavy atom. The molecule has 1 aliphatic heterocycles. The van der Waals surface area contributed by atoms with Gasteiger partial charge in [-0.25, -0.2) is 0 Å². The fraction of sp³-hybridized carbons (Fsp3) is 0.200. The van der Waals surface area contributed by atoms with Crippen LogP contribution in [0.3, 0.4) is 0 Å². The van der Waals surface area contributed by atoms with Gasteiger partial charge in [0.25, 0.3) is 0 Å². The predicted molar refractivity (Wildman–Crippen MR) is 74.4 cm³/mol. The van der Waals surface area contributed by atoms with E-state index in [-0.39, 0.29) is 11.8 Å². The molecule has 21 heavy (non-hydrogen) atoms. The fourth-order valence-electron chi connectivity index (χ4n) is 2.73. The van der Waals surface area contributed by atoms with Gasteiger partial charge < -0.3 is 4.52 Å². The Kier molecular flexibility index (Phi) is 2.50. The van der Waals surface area contributed by atoms with Crippen LogP contribution in [0.25, 0.3) is 21.9 Å². The van der Waals surface area contributed by atoms with Crippen molar-refractivity contribution in [3.05, 3.63) is 36.2 Å². The average molecular weight is 281 g/mol. The van der Waals surface area contributed by atoms with Crippen LogP contribution in [0.1, 0.15) is 24.5 Å². The standard InChI is InChI=1S/C15H11N3O3/c19-13-4-3-9(15(20)17-13)14-10-6-8-2-1-5-16-11(8)7-12(10)21-18-14/h1-2,5-7,9H,3-4H2,(H,17,19,20). The summed E-state index contributed by atoms with van der Waals surface area (Å²) in [5.41, 5.74) is 2.00. The van der Waals surface area contributed by atoms with Gasteiger partial charge in [0.1, 0.15) is 5.69 Å². The van der Waals surface area contributed by atoms with Gasteiger partial charge in [-0.1, -0.05) is 11.2 Å². The van der Waals surface area contributed by atoms with Crippen molar-refractivity contribution < 1.29 is 14.1 Å². The average Bonchev–Trinajstić information content (AvgIpc) is 2.88. The summed E-state index contributed by atoms with van der Waals surface area (Å²) in [6.45, 7) is 0. The molecule has 1 aromatic carbocycles. The molecule has 2 amide bonds. The molecule has 1 N–H and O–H groups in total. The molecule has 1 fully saturated rings. The number of benzene rings is 1. The lowest BCUT2D eigenvalue weighted by Gasteiger charge is -2.18. The topological polar surface area (TPSA) is 85.1 Å². The molecule has 1 saturated heterocycles. The third-order valence-corrected chi connectivity index (χ3v) is 3.79. The Morgan fingerprint density at radius 3 is 3.05 bits per heavy atom. The highest BCUT2D eigenvalue weighted by Crippen LogP contribution is 2.32. The number of carbonyl (C=O) groups excluding carboxylic acids is 2. The van der Waals surface area contributed by atoms with Gasteiger partial charge in [-0.2, -0.15) is 0 Å². The maximum Gasteiger partial charge on any atom is 0.235 e. The van der Waals surface area contributed by atoms with Crippen molar-refractivity contribution in [2.45, 2.75) is 18.8 Å². The number of piperidine rings is 1. The number of fused-ring (bicyclic) bond motifs is 2. The SMILES string of the molecule is O=C1CCC(c2noc3cc4ncccc4cc23)C(=O)N1. The molecule has 3 aromatic rings. The van der Waals surface area contributed by atoms with Crippen LogP contribution >= 0.6 is 0 Å². The number of nitrogens with one attached hydrogen (secondary N) is 1. The summed E-state index contributed by atoms with van der Waals surface area (Å²) in [6, 6.07) is 7.54. The summed E-state index contributed by atoms with van der Waals surface area (Å²) in [5.74, 6) is -0.996. The van der Waals surface area contributed by atoms with Crippen molar-refractivity contribution in [3.8, 4) is 0 Å². The molecule has 6 heteroatoms. The number of hydrogen-bond donors (Lipinski definition) is 1. The molecule has 0 saturated carbocycles. The summed E-state index contributed by atoms with van der Waals surface area (Å²) < 4.78 is 5.33. The van der Waals surface area contributed by atoms with Crippen LogP contribution in [-0.2, 0) is 9.59 Å². The van der Waals surface area contributed by atoms with E-state index >= 15 is 0 Å². The Morgan fingerprint density at radius 2 is 2.19 bits per heavy atom. The highest BCUT2D eigenvalue weighted by molar-refractivity contribution is 6.03. The molecule has 1 unspecified atom stereocenters. The number of aromatic nitrogens is 2. The van der Waals surface area contributed by atoms with E-state index in [1.165, 1.54) is 0 Å². The number of hydrogen-bond acceptors (Lipinski definition) is 5. The number of imide groups is 1. The molecular weight excluding hydrogens is 270 g/mol. The summed E-state index contributed by atoms with van der Waals surface area (Å²) in [5, 5.41) is 8.15. The van der Waals surface area contributed by atoms with Crippen LogP contribution in [0.4, 0.5) is 0 Å². The maximum absolute atomic E-state index is 12.0. The lowest BCUT2D eigenvalue weighted by Crippen LogP contribution is -2.39. The molecular formula is C15H11N3O3. The van der Waals surface area contributed by atoms with Crippen LogP contribution in [0.5, 0.6) is 0 Å². The third-order valence-electron chi connectivity index (χ3n) is 3.79. The van der Waals surface area contributed by atoms with Gasteiger partial charge in [0.2, 0.25) is 11.8 Å². The summed E-state index contributed by atoms with van der Waals surface area (Å²) >= 11 is 0. The quantitative estimate of drug-likeness (QED) is 0.688. The second kappa shape index (κ2) is 4.37. The number of carbonyl (C=O) groups is 2. The zero-order chi connectivity index (χ0) is 14.4. The number of pyridine rings is 1. The number of nitrogens with zero attached hydrogens (tertiary/aromatic N) is 2. The van der Waals surface area contributed by atoms with Gasteiger partial charge in [0.15, 0.2) is 5.58 Å². The third kappa shape index (κ3) is 1.87. The monoisotopic (exact) mass is 281 g/mol. The zero-order valence-electron chi connectivity index (χ0n) is 11.0. The van der Waals surface area contributed by atoms with Crippen molar-refractivity contribution in [2.75, 3.05) is 0 Å². The van der Waals surface area contributed by atoms with Gasteiger partial charge in [0.05, 0.1) is 11.4 Å². The molecule has 104 valence electrons. The highest BCUT2D eigenvalue weighted by atomic mass is 16.5. The molecule has 6 nitrogen and oxygen atoms in total. The minimum atomic E-state index is -0.446. The first-order valence-electron chi connectivity index (χ1n) is 6.70. The van der Waals surface area contributed by atoms with E-state index in [9.17, 15) is 9.59 Å². The first kappa shape index (κ1) is 12.0. The molecule has 0 aliphatic carbocycles. The van der Waals surface area contributed by atoms with E-state index in [0.29, 0.717) is 24.1 Å². The maximum atomic E-state index is 12.0. The fourth-order valence-corrected chi connectivity index (χ4v) is 2.73. The Hall–Kier alpha value is -2.76. The second-order valence-corrected chi connectivity index (χ2v) is 5.12. The van der Waals surface area contributed by atoms with E-state index in [1.807, 2.05) is 24.3 Å². The predicted octanol–water partition coefficient (Wildman–Crippen LogP) is 1.90. The Balaban J connectivity index is 1.87. The first-order chi connectivity index (χ1) is 10.2. The molecule has 4 rings (SSSR count). The van der Waals surface area contributed by atoms with Crippen LogP contribution < -0.4 is 5.32 Å². The smallest absolute Gasteiger partial charge is 0.235 e. The van der Waals surface area contributed by atoms with Crippen molar-refractivity contribution in [1.82, 2.24) is 15.5 Å². The van der Waals surface area contributed by atoms with Crippen molar-refractivity contribution in [1.29, 1.82) is 0 Å². The molecule has 0 spiro atoms. The highest BCUT2D eigenvalue weighted by Gasteiger charge is 2.31.